The van der Waals surface area contributed by atoms with Crippen LogP contribution in [0.4, 0.5) is 10.1 Å². The summed E-state index contributed by atoms with van der Waals surface area (Å²) in [4.78, 5) is 13.5. The number of nitrogens with two attached hydrogens (primary N) is 1. The highest BCUT2D eigenvalue weighted by Crippen LogP contribution is 2.32. The number of hydrogen-bond donors (Lipinski definition) is 1. The lowest BCUT2D eigenvalue weighted by Gasteiger charge is -2.16. The van der Waals surface area contributed by atoms with Gasteiger partial charge < -0.3 is 15.4 Å². The lowest BCUT2D eigenvalue weighted by atomic mass is 10.3. The number of amides is 1. The van der Waals surface area contributed by atoms with Gasteiger partial charge in [-0.25, -0.2) is 4.39 Å². The van der Waals surface area contributed by atoms with Crippen LogP contribution in [0, 0.1) is 5.82 Å². The number of carbonyl (C=O) groups is 1. The largest absolute Gasteiger partial charge is 0.480 e. The molecule has 0 bridgehead atoms. The summed E-state index contributed by atoms with van der Waals surface area (Å²) in [6, 6.07) is 2.42. The maximum atomic E-state index is 13.0. The van der Waals surface area contributed by atoms with Crippen molar-refractivity contribution in [2.45, 2.75) is 12.8 Å². The predicted molar refractivity (Wildman–Crippen MR) is 69.8 cm³/mol. The topological polar surface area (TPSA) is 55.6 Å². The molecule has 1 aromatic carbocycles. The number of nitrogens with zero attached hydrogens (tertiary/aromatic N) is 1. The minimum Gasteiger partial charge on any atom is -0.480 e. The Bertz CT molecular complexity index is 438. The van der Waals surface area contributed by atoms with Crippen LogP contribution in [0.1, 0.15) is 12.8 Å². The molecule has 0 spiro atoms. The monoisotopic (exact) mass is 316 g/mol. The Morgan fingerprint density at radius 3 is 2.72 bits per heavy atom. The van der Waals surface area contributed by atoms with Gasteiger partial charge in [-0.05, 0) is 34.8 Å². The quantitative estimate of drug-likeness (QED) is 0.869. The molecular weight excluding hydrogens is 303 g/mol. The maximum absolute atomic E-state index is 13.0. The Morgan fingerprint density at radius 1 is 1.44 bits per heavy atom. The Balaban J connectivity index is 1.99. The second-order valence-electron chi connectivity index (χ2n) is 4.18. The third-order valence-electron chi connectivity index (χ3n) is 2.84. The van der Waals surface area contributed by atoms with Crippen molar-refractivity contribution in [1.82, 2.24) is 4.90 Å². The summed E-state index contributed by atoms with van der Waals surface area (Å²) in [6.45, 7) is 1.49. The van der Waals surface area contributed by atoms with Gasteiger partial charge in [0.2, 0.25) is 0 Å². The van der Waals surface area contributed by atoms with Crippen molar-refractivity contribution in [2.75, 3.05) is 25.4 Å². The molecule has 0 atom stereocenters. The zero-order valence-corrected chi connectivity index (χ0v) is 11.4. The van der Waals surface area contributed by atoms with Crippen LogP contribution >= 0.6 is 15.9 Å². The van der Waals surface area contributed by atoms with Gasteiger partial charge in [0, 0.05) is 19.2 Å². The fourth-order valence-corrected chi connectivity index (χ4v) is 2.49. The highest BCUT2D eigenvalue weighted by Gasteiger charge is 2.19. The molecule has 0 unspecified atom stereocenters. The SMILES string of the molecule is Nc1cc(F)cc(Br)c1OCC(=O)N1CCCC1. The minimum absolute atomic E-state index is 0.0666. The second kappa shape index (κ2) is 5.56. The molecule has 1 aliphatic heterocycles. The van der Waals surface area contributed by atoms with Gasteiger partial charge >= 0.3 is 0 Å². The molecule has 0 aliphatic carbocycles. The van der Waals surface area contributed by atoms with Crippen LogP contribution in [0.5, 0.6) is 5.75 Å². The molecular formula is C12H14BrFN2O2. The molecule has 98 valence electrons. The number of nitrogen functional groups attached to an aromatic ring is 1. The molecule has 1 aromatic rings. The molecule has 1 fully saturated rings. The standard InChI is InChI=1S/C12H14BrFN2O2/c13-9-5-8(14)6-10(15)12(9)18-7-11(17)16-3-1-2-4-16/h5-6H,1-4,7,15H2. The van der Waals surface area contributed by atoms with Crippen molar-refractivity contribution in [1.29, 1.82) is 0 Å². The molecule has 2 rings (SSSR count). The maximum Gasteiger partial charge on any atom is 0.260 e. The van der Waals surface area contributed by atoms with E-state index >= 15 is 0 Å². The average molecular weight is 317 g/mol. The van der Waals surface area contributed by atoms with Crippen LogP contribution in [0.25, 0.3) is 0 Å². The highest BCUT2D eigenvalue weighted by atomic mass is 79.9. The third kappa shape index (κ3) is 2.93. The zero-order valence-electron chi connectivity index (χ0n) is 9.79. The van der Waals surface area contributed by atoms with E-state index in [0.717, 1.165) is 25.9 Å². The number of rotatable bonds is 3. The molecule has 1 amide bonds. The van der Waals surface area contributed by atoms with E-state index in [1.807, 2.05) is 0 Å². The van der Waals surface area contributed by atoms with Crippen LogP contribution in [-0.2, 0) is 4.79 Å². The summed E-state index contributed by atoms with van der Waals surface area (Å²) in [5.41, 5.74) is 5.82. The van der Waals surface area contributed by atoms with E-state index in [1.165, 1.54) is 12.1 Å². The molecule has 4 nitrogen and oxygen atoms in total. The first kappa shape index (κ1) is 13.1. The van der Waals surface area contributed by atoms with E-state index in [-0.39, 0.29) is 18.2 Å². The van der Waals surface area contributed by atoms with E-state index in [2.05, 4.69) is 15.9 Å². The van der Waals surface area contributed by atoms with Crippen molar-refractivity contribution in [3.8, 4) is 5.75 Å². The van der Waals surface area contributed by atoms with E-state index < -0.39 is 5.82 Å². The number of likely N-dealkylation sites (tertiary alicyclic amines) is 1. The normalized spacial score (nSPS) is 14.9. The molecule has 1 heterocycles. The molecule has 0 saturated carbocycles. The fraction of sp³-hybridized carbons (Fsp3) is 0.417. The van der Waals surface area contributed by atoms with Crippen molar-refractivity contribution in [2.24, 2.45) is 0 Å². The Morgan fingerprint density at radius 2 is 2.11 bits per heavy atom. The summed E-state index contributed by atoms with van der Waals surface area (Å²) >= 11 is 3.16. The predicted octanol–water partition coefficient (Wildman–Crippen LogP) is 2.17. The first-order valence-corrected chi connectivity index (χ1v) is 6.52. The summed E-state index contributed by atoms with van der Waals surface area (Å²) < 4.78 is 18.8. The number of hydrogen-bond acceptors (Lipinski definition) is 3. The van der Waals surface area contributed by atoms with Crippen LogP contribution in [0.15, 0.2) is 16.6 Å². The van der Waals surface area contributed by atoms with Crippen molar-refractivity contribution in [3.63, 3.8) is 0 Å². The minimum atomic E-state index is -0.447. The lowest BCUT2D eigenvalue weighted by Crippen LogP contribution is -2.32. The number of anilines is 1. The Hall–Kier alpha value is -1.30. The van der Waals surface area contributed by atoms with Gasteiger partial charge in [-0.1, -0.05) is 0 Å². The lowest BCUT2D eigenvalue weighted by molar-refractivity contribution is -0.132. The van der Waals surface area contributed by atoms with Crippen LogP contribution in [0.3, 0.4) is 0 Å². The number of carbonyl (C=O) groups excluding carboxylic acids is 1. The molecule has 1 saturated heterocycles. The van der Waals surface area contributed by atoms with Crippen molar-refractivity contribution >= 4 is 27.5 Å². The highest BCUT2D eigenvalue weighted by molar-refractivity contribution is 9.10. The smallest absolute Gasteiger partial charge is 0.260 e. The number of ether oxygens (including phenoxy) is 1. The Kier molecular flexibility index (Phi) is 4.06. The summed E-state index contributed by atoms with van der Waals surface area (Å²) in [7, 11) is 0. The second-order valence-corrected chi connectivity index (χ2v) is 5.04. The van der Waals surface area contributed by atoms with Crippen LogP contribution in [-0.4, -0.2) is 30.5 Å². The van der Waals surface area contributed by atoms with Gasteiger partial charge in [-0.2, -0.15) is 0 Å². The van der Waals surface area contributed by atoms with Gasteiger partial charge in [0.05, 0.1) is 10.2 Å². The van der Waals surface area contributed by atoms with Crippen LogP contribution in [0.2, 0.25) is 0 Å². The van der Waals surface area contributed by atoms with Gasteiger partial charge in [0.1, 0.15) is 5.82 Å². The Labute approximate surface area is 113 Å². The summed E-state index contributed by atoms with van der Waals surface area (Å²) in [5, 5.41) is 0. The average Bonchev–Trinajstić information content (AvgIpc) is 2.80. The van der Waals surface area contributed by atoms with Gasteiger partial charge in [-0.15, -0.1) is 0 Å². The molecule has 0 radical (unpaired) electrons. The van der Waals surface area contributed by atoms with Crippen molar-refractivity contribution < 1.29 is 13.9 Å². The molecule has 2 N–H and O–H groups in total. The van der Waals surface area contributed by atoms with E-state index in [0.29, 0.717) is 10.2 Å². The molecule has 18 heavy (non-hydrogen) atoms. The van der Waals surface area contributed by atoms with Gasteiger partial charge in [-0.3, -0.25) is 4.79 Å². The molecule has 0 aromatic heterocycles. The van der Waals surface area contributed by atoms with E-state index in [9.17, 15) is 9.18 Å². The van der Waals surface area contributed by atoms with Gasteiger partial charge in [0.25, 0.3) is 5.91 Å². The zero-order chi connectivity index (χ0) is 13.1. The van der Waals surface area contributed by atoms with Crippen molar-refractivity contribution in [3.05, 3.63) is 22.4 Å². The molecule has 6 heteroatoms. The molecule has 1 aliphatic rings. The van der Waals surface area contributed by atoms with E-state index in [1.54, 1.807) is 4.90 Å². The summed E-state index contributed by atoms with van der Waals surface area (Å²) in [5.74, 6) is -0.204. The van der Waals surface area contributed by atoms with Crippen LogP contribution < -0.4 is 10.5 Å². The number of benzene rings is 1. The number of halogens is 2. The fourth-order valence-electron chi connectivity index (χ4n) is 1.92. The first-order valence-electron chi connectivity index (χ1n) is 5.73. The third-order valence-corrected chi connectivity index (χ3v) is 3.42. The van der Waals surface area contributed by atoms with Gasteiger partial charge in [0.15, 0.2) is 12.4 Å². The van der Waals surface area contributed by atoms with E-state index in [4.69, 9.17) is 10.5 Å². The summed E-state index contributed by atoms with van der Waals surface area (Å²) in [6.07, 6.45) is 2.07. The first-order chi connectivity index (χ1) is 8.58.